The quantitative estimate of drug-likeness (QED) is 0.339. The summed E-state index contributed by atoms with van der Waals surface area (Å²) in [5.41, 5.74) is 1.88. The van der Waals surface area contributed by atoms with Gasteiger partial charge in [-0.1, -0.05) is 26.0 Å². The van der Waals surface area contributed by atoms with E-state index in [-0.39, 0.29) is 36.8 Å². The molecule has 1 aromatic carbocycles. The predicted molar refractivity (Wildman–Crippen MR) is 153 cm³/mol. The zero-order chi connectivity index (χ0) is 30.4. The lowest BCUT2D eigenvalue weighted by atomic mass is 9.97. The molecule has 40 heavy (non-hydrogen) atoms. The average molecular weight is 581 g/mol. The molecule has 0 saturated carbocycles. The van der Waals surface area contributed by atoms with Crippen molar-refractivity contribution in [2.24, 2.45) is 0 Å². The number of nitrogens with zero attached hydrogens (tertiary/aromatic N) is 4. The third kappa shape index (κ3) is 9.33. The van der Waals surface area contributed by atoms with Crippen LogP contribution in [0.5, 0.6) is 0 Å². The summed E-state index contributed by atoms with van der Waals surface area (Å²) in [6.07, 6.45) is 1.36. The minimum absolute atomic E-state index is 0.0362. The lowest BCUT2D eigenvalue weighted by Crippen LogP contribution is -2.39. The molecule has 0 spiro atoms. The average Bonchev–Trinajstić information content (AvgIpc) is 2.84. The van der Waals surface area contributed by atoms with Gasteiger partial charge < -0.3 is 15.1 Å². The molecule has 2 atom stereocenters. The normalized spacial score (nSPS) is 14.0. The van der Waals surface area contributed by atoms with Crippen LogP contribution in [-0.4, -0.2) is 77.2 Å². The number of anilines is 1. The molecule has 10 nitrogen and oxygen atoms in total. The molecule has 0 fully saturated rings. The Labute approximate surface area is 236 Å². The van der Waals surface area contributed by atoms with Crippen LogP contribution in [0.15, 0.2) is 30.3 Å². The number of hydrogen-bond acceptors (Lipinski definition) is 9. The second-order valence-electron chi connectivity index (χ2n) is 10.6. The van der Waals surface area contributed by atoms with Gasteiger partial charge >= 0.3 is 5.97 Å². The van der Waals surface area contributed by atoms with Gasteiger partial charge in [-0.05, 0) is 57.9 Å². The monoisotopic (exact) mass is 580 g/mol. The van der Waals surface area contributed by atoms with E-state index in [0.29, 0.717) is 22.5 Å². The number of carbonyl (C=O) groups excluding carboxylic acids is 1. The summed E-state index contributed by atoms with van der Waals surface area (Å²) < 4.78 is 39.0. The van der Waals surface area contributed by atoms with Crippen LogP contribution in [0.1, 0.15) is 71.6 Å². The van der Waals surface area contributed by atoms with Gasteiger partial charge in [0.2, 0.25) is 16.0 Å². The zero-order valence-corrected chi connectivity index (χ0v) is 25.2. The second-order valence-corrected chi connectivity index (χ2v) is 12.6. The van der Waals surface area contributed by atoms with Gasteiger partial charge in [-0.25, -0.2) is 27.1 Å². The highest BCUT2D eigenvalue weighted by Crippen LogP contribution is 2.31. The number of benzene rings is 1. The van der Waals surface area contributed by atoms with E-state index < -0.39 is 34.0 Å². The van der Waals surface area contributed by atoms with Gasteiger partial charge in [0.1, 0.15) is 5.82 Å². The van der Waals surface area contributed by atoms with Crippen LogP contribution >= 0.6 is 0 Å². The van der Waals surface area contributed by atoms with E-state index in [4.69, 9.17) is 4.84 Å². The highest BCUT2D eigenvalue weighted by molar-refractivity contribution is 7.92. The molecule has 222 valence electrons. The Bertz CT molecular complexity index is 1270. The van der Waals surface area contributed by atoms with Crippen LogP contribution in [0, 0.1) is 5.82 Å². The fourth-order valence-electron chi connectivity index (χ4n) is 4.00. The number of aromatic nitrogens is 2. The fourth-order valence-corrected chi connectivity index (χ4v) is 4.38. The number of rotatable bonds is 13. The first-order chi connectivity index (χ1) is 18.5. The maximum absolute atomic E-state index is 13.7. The molecule has 0 amide bonds. The molecular formula is C28H41FN4O6S. The maximum Gasteiger partial charge on any atom is 0.327 e. The van der Waals surface area contributed by atoms with E-state index in [2.05, 4.69) is 9.97 Å². The summed E-state index contributed by atoms with van der Waals surface area (Å²) in [6.45, 7) is 11.3. The van der Waals surface area contributed by atoms with Crippen LogP contribution in [0.3, 0.4) is 0 Å². The molecule has 0 radical (unpaired) electrons. The van der Waals surface area contributed by atoms with Crippen molar-refractivity contribution in [2.45, 2.75) is 84.6 Å². The van der Waals surface area contributed by atoms with Crippen LogP contribution in [0.4, 0.5) is 10.3 Å². The van der Waals surface area contributed by atoms with Crippen LogP contribution < -0.4 is 4.31 Å². The number of hydrogen-bond donors (Lipinski definition) is 2. The van der Waals surface area contributed by atoms with E-state index in [9.17, 15) is 27.8 Å². The van der Waals surface area contributed by atoms with E-state index >= 15 is 0 Å². The first kappa shape index (κ1) is 33.3. The summed E-state index contributed by atoms with van der Waals surface area (Å²) in [6, 6.07) is 5.50. The minimum Gasteiger partial charge on any atom is -0.392 e. The van der Waals surface area contributed by atoms with Crippen LogP contribution in [0.2, 0.25) is 0 Å². The standard InChI is InChI=1S/C28H41FN4O6S/c1-17(2)26-24(14-13-22(34)15-23(35)16-25(36)39-33(18(3)4)19(5)6)27(20-9-11-21(29)12-10-20)31-28(30-26)32(7)40(8,37)38/h9-14,17-19,22-23,34-35H,15-16H2,1-8H3/b14-13+/t22-,23-/m1/s1. The van der Waals surface area contributed by atoms with Crippen LogP contribution in [-0.2, 0) is 19.7 Å². The van der Waals surface area contributed by atoms with E-state index in [1.807, 2.05) is 41.5 Å². The topological polar surface area (TPSA) is 133 Å². The number of halogens is 1. The summed E-state index contributed by atoms with van der Waals surface area (Å²) in [5, 5.41) is 22.6. The molecule has 0 unspecified atom stereocenters. The molecule has 2 aromatic rings. The largest absolute Gasteiger partial charge is 0.392 e. The highest BCUT2D eigenvalue weighted by atomic mass is 32.2. The van der Waals surface area contributed by atoms with Gasteiger partial charge in [0.15, 0.2) is 0 Å². The van der Waals surface area contributed by atoms with Crippen molar-refractivity contribution in [3.05, 3.63) is 47.4 Å². The van der Waals surface area contributed by atoms with Crippen molar-refractivity contribution in [1.29, 1.82) is 0 Å². The van der Waals surface area contributed by atoms with Gasteiger partial charge in [-0.2, -0.15) is 0 Å². The SMILES string of the molecule is CC(C)c1nc(N(C)S(C)(=O)=O)nc(-c2ccc(F)cc2)c1/C=C/[C@@H](O)C[C@@H](O)CC(=O)ON(C(C)C)C(C)C. The van der Waals surface area contributed by atoms with E-state index in [0.717, 1.165) is 10.6 Å². The summed E-state index contributed by atoms with van der Waals surface area (Å²) >= 11 is 0. The number of carbonyl (C=O) groups is 1. The van der Waals surface area contributed by atoms with E-state index in [1.54, 1.807) is 11.1 Å². The number of aliphatic hydroxyl groups excluding tert-OH is 2. The first-order valence-electron chi connectivity index (χ1n) is 13.2. The van der Waals surface area contributed by atoms with Crippen molar-refractivity contribution in [2.75, 3.05) is 17.6 Å². The summed E-state index contributed by atoms with van der Waals surface area (Å²) in [4.78, 5) is 26.7. The minimum atomic E-state index is -3.66. The van der Waals surface area contributed by atoms with Crippen LogP contribution in [0.25, 0.3) is 17.3 Å². The number of aliphatic hydroxyl groups is 2. The summed E-state index contributed by atoms with van der Waals surface area (Å²) in [5.74, 6) is -1.27. The van der Waals surface area contributed by atoms with Gasteiger partial charge in [-0.3, -0.25) is 4.79 Å². The fraction of sp³-hybridized carbons (Fsp3) is 0.536. The molecule has 12 heteroatoms. The lowest BCUT2D eigenvalue weighted by Gasteiger charge is -2.28. The molecule has 0 bridgehead atoms. The Morgan fingerprint density at radius 2 is 1.62 bits per heavy atom. The molecule has 0 aliphatic heterocycles. The zero-order valence-electron chi connectivity index (χ0n) is 24.4. The van der Waals surface area contributed by atoms with Gasteiger partial charge in [-0.15, -0.1) is 5.06 Å². The lowest BCUT2D eigenvalue weighted by molar-refractivity contribution is -0.211. The molecular weight excluding hydrogens is 539 g/mol. The number of sulfonamides is 1. The molecule has 1 aromatic heterocycles. The Balaban J connectivity index is 2.37. The summed E-state index contributed by atoms with van der Waals surface area (Å²) in [7, 11) is -2.32. The molecule has 0 aliphatic carbocycles. The Morgan fingerprint density at radius 3 is 2.12 bits per heavy atom. The third-order valence-electron chi connectivity index (χ3n) is 6.03. The Morgan fingerprint density at radius 1 is 1.05 bits per heavy atom. The first-order valence-corrected chi connectivity index (χ1v) is 15.0. The molecule has 2 rings (SSSR count). The third-order valence-corrected chi connectivity index (χ3v) is 7.19. The van der Waals surface area contributed by atoms with Crippen molar-refractivity contribution < 1.29 is 32.7 Å². The van der Waals surface area contributed by atoms with Crippen molar-refractivity contribution in [3.63, 3.8) is 0 Å². The molecule has 0 saturated heterocycles. The Hall–Kier alpha value is -2.93. The van der Waals surface area contributed by atoms with Gasteiger partial charge in [0, 0.05) is 36.7 Å². The van der Waals surface area contributed by atoms with E-state index in [1.165, 1.54) is 37.4 Å². The maximum atomic E-state index is 13.7. The molecule has 0 aliphatic rings. The Kier molecular flexibility index (Phi) is 11.7. The predicted octanol–water partition coefficient (Wildman–Crippen LogP) is 3.89. The van der Waals surface area contributed by atoms with Gasteiger partial charge in [0.05, 0.1) is 36.3 Å². The number of hydroxylamine groups is 2. The van der Waals surface area contributed by atoms with Crippen molar-refractivity contribution in [3.8, 4) is 11.3 Å². The highest BCUT2D eigenvalue weighted by Gasteiger charge is 2.24. The smallest absolute Gasteiger partial charge is 0.327 e. The van der Waals surface area contributed by atoms with Crippen molar-refractivity contribution in [1.82, 2.24) is 15.0 Å². The second kappa shape index (κ2) is 14.1. The molecule has 1 heterocycles. The van der Waals surface area contributed by atoms with Gasteiger partial charge in [0.25, 0.3) is 0 Å². The van der Waals surface area contributed by atoms with Crippen molar-refractivity contribution >= 4 is 28.0 Å². The molecule has 2 N–H and O–H groups in total.